The number of hydrogen-bond acceptors (Lipinski definition) is 4. The van der Waals surface area contributed by atoms with Crippen molar-refractivity contribution in [2.75, 3.05) is 13.1 Å². The number of rotatable bonds is 3. The van der Waals surface area contributed by atoms with Crippen molar-refractivity contribution >= 4 is 6.09 Å². The molecular weight excluding hydrogens is 268 g/mol. The first kappa shape index (κ1) is 13.6. The predicted molar refractivity (Wildman–Crippen MR) is 76.3 cm³/mol. The Balaban J connectivity index is 1.53. The number of benzene rings is 1. The molecule has 1 saturated heterocycles. The summed E-state index contributed by atoms with van der Waals surface area (Å²) in [6, 6.07) is 13.0. The van der Waals surface area contributed by atoms with Crippen LogP contribution in [-0.2, 0) is 16.9 Å². The van der Waals surface area contributed by atoms with Gasteiger partial charge >= 0.3 is 6.09 Å². The summed E-state index contributed by atoms with van der Waals surface area (Å²) in [7, 11) is 0. The van der Waals surface area contributed by atoms with Crippen molar-refractivity contribution < 1.29 is 14.6 Å². The Bertz CT molecular complexity index is 610. The van der Waals surface area contributed by atoms with Crippen LogP contribution in [0.5, 0.6) is 0 Å². The minimum absolute atomic E-state index is 0.240. The molecule has 1 aromatic heterocycles. The van der Waals surface area contributed by atoms with Crippen LogP contribution >= 0.6 is 0 Å². The lowest BCUT2D eigenvalue weighted by molar-refractivity contribution is -0.0949. The number of carbonyl (C=O) groups is 1. The minimum atomic E-state index is -0.991. The lowest BCUT2D eigenvalue weighted by atomic mass is 9.87. The zero-order valence-electron chi connectivity index (χ0n) is 11.5. The van der Waals surface area contributed by atoms with Crippen molar-refractivity contribution in [3.05, 3.63) is 66.0 Å². The quantitative estimate of drug-likeness (QED) is 0.935. The van der Waals surface area contributed by atoms with E-state index in [2.05, 4.69) is 4.98 Å². The monoisotopic (exact) mass is 284 g/mol. The van der Waals surface area contributed by atoms with E-state index < -0.39 is 11.7 Å². The first-order chi connectivity index (χ1) is 10.2. The van der Waals surface area contributed by atoms with Crippen LogP contribution in [-0.4, -0.2) is 34.2 Å². The summed E-state index contributed by atoms with van der Waals surface area (Å²) in [5.41, 5.74) is 0.717. The van der Waals surface area contributed by atoms with Crippen LogP contribution in [0, 0.1) is 0 Å². The third kappa shape index (κ3) is 2.87. The van der Waals surface area contributed by atoms with E-state index in [0.717, 1.165) is 11.1 Å². The molecule has 1 amide bonds. The fourth-order valence-corrected chi connectivity index (χ4v) is 2.37. The van der Waals surface area contributed by atoms with E-state index in [1.165, 1.54) is 4.90 Å². The number of carbonyl (C=O) groups excluding carboxylic acids is 1. The Labute approximate surface area is 122 Å². The van der Waals surface area contributed by atoms with Crippen LogP contribution in [0.1, 0.15) is 11.1 Å². The number of pyridine rings is 1. The molecular formula is C16H16N2O3. The molecule has 1 N–H and O–H groups in total. The lowest BCUT2D eigenvalue weighted by Gasteiger charge is -2.45. The lowest BCUT2D eigenvalue weighted by Crippen LogP contribution is -2.61. The van der Waals surface area contributed by atoms with Gasteiger partial charge in [0.15, 0.2) is 0 Å². The number of aromatic nitrogens is 1. The van der Waals surface area contributed by atoms with Gasteiger partial charge < -0.3 is 14.7 Å². The van der Waals surface area contributed by atoms with Crippen molar-refractivity contribution in [2.24, 2.45) is 0 Å². The molecule has 5 nitrogen and oxygen atoms in total. The Hall–Kier alpha value is -2.40. The van der Waals surface area contributed by atoms with Crippen molar-refractivity contribution in [2.45, 2.75) is 12.2 Å². The molecule has 1 fully saturated rings. The van der Waals surface area contributed by atoms with Gasteiger partial charge in [-0.25, -0.2) is 4.79 Å². The SMILES string of the molecule is O=C(OCc1ccccc1)N1CC(O)(c2ccncc2)C1. The fourth-order valence-electron chi connectivity index (χ4n) is 2.37. The number of hydrogen-bond donors (Lipinski definition) is 1. The first-order valence-corrected chi connectivity index (χ1v) is 6.76. The van der Waals surface area contributed by atoms with E-state index in [1.54, 1.807) is 24.5 Å². The molecule has 108 valence electrons. The maximum Gasteiger partial charge on any atom is 0.410 e. The van der Waals surface area contributed by atoms with Gasteiger partial charge in [-0.1, -0.05) is 30.3 Å². The minimum Gasteiger partial charge on any atom is -0.445 e. The number of amides is 1. The Morgan fingerprint density at radius 1 is 1.19 bits per heavy atom. The molecule has 3 rings (SSSR count). The van der Waals surface area contributed by atoms with Crippen molar-refractivity contribution in [3.8, 4) is 0 Å². The van der Waals surface area contributed by atoms with E-state index >= 15 is 0 Å². The second-order valence-corrected chi connectivity index (χ2v) is 5.16. The molecule has 0 saturated carbocycles. The number of likely N-dealkylation sites (tertiary alicyclic amines) is 1. The maximum absolute atomic E-state index is 11.9. The highest BCUT2D eigenvalue weighted by molar-refractivity contribution is 5.69. The van der Waals surface area contributed by atoms with Crippen molar-refractivity contribution in [3.63, 3.8) is 0 Å². The average molecular weight is 284 g/mol. The standard InChI is InChI=1S/C16H16N2O3/c19-15(21-10-13-4-2-1-3-5-13)18-11-16(20,12-18)14-6-8-17-9-7-14/h1-9,20H,10-12H2. The van der Waals surface area contributed by atoms with Crippen LogP contribution in [0.4, 0.5) is 4.79 Å². The molecule has 1 aliphatic rings. The summed E-state index contributed by atoms with van der Waals surface area (Å²) in [6.45, 7) is 0.721. The van der Waals surface area contributed by atoms with Gasteiger partial charge in [-0.05, 0) is 23.3 Å². The van der Waals surface area contributed by atoms with E-state index in [1.807, 2.05) is 30.3 Å². The molecule has 0 aliphatic carbocycles. The van der Waals surface area contributed by atoms with Crippen LogP contribution < -0.4 is 0 Å². The van der Waals surface area contributed by atoms with E-state index in [0.29, 0.717) is 0 Å². The summed E-state index contributed by atoms with van der Waals surface area (Å²) < 4.78 is 5.22. The van der Waals surface area contributed by atoms with Crippen molar-refractivity contribution in [1.29, 1.82) is 0 Å². The summed E-state index contributed by atoms with van der Waals surface area (Å²) in [5, 5.41) is 10.4. The Morgan fingerprint density at radius 3 is 2.52 bits per heavy atom. The summed E-state index contributed by atoms with van der Waals surface area (Å²) >= 11 is 0. The van der Waals surface area contributed by atoms with Gasteiger partial charge in [-0.2, -0.15) is 0 Å². The molecule has 0 spiro atoms. The van der Waals surface area contributed by atoms with Gasteiger partial charge in [0, 0.05) is 12.4 Å². The Kier molecular flexibility index (Phi) is 3.58. The zero-order valence-corrected chi connectivity index (χ0v) is 11.5. The topological polar surface area (TPSA) is 62.7 Å². The van der Waals surface area contributed by atoms with E-state index in [4.69, 9.17) is 4.74 Å². The van der Waals surface area contributed by atoms with Crippen LogP contribution in [0.3, 0.4) is 0 Å². The van der Waals surface area contributed by atoms with Gasteiger partial charge in [0.2, 0.25) is 0 Å². The number of ether oxygens (including phenoxy) is 1. The summed E-state index contributed by atoms with van der Waals surface area (Å²) in [5.74, 6) is 0. The second-order valence-electron chi connectivity index (χ2n) is 5.16. The molecule has 0 radical (unpaired) electrons. The van der Waals surface area contributed by atoms with E-state index in [-0.39, 0.29) is 19.7 Å². The number of aliphatic hydroxyl groups is 1. The van der Waals surface area contributed by atoms with Gasteiger partial charge in [0.1, 0.15) is 12.2 Å². The number of β-amino-alcohol motifs (C(OH)–C–C–N with tert-alkyl or cyclic N) is 1. The maximum atomic E-state index is 11.9. The summed E-state index contributed by atoms with van der Waals surface area (Å²) in [6.07, 6.45) is 2.85. The smallest absolute Gasteiger partial charge is 0.410 e. The first-order valence-electron chi connectivity index (χ1n) is 6.76. The highest BCUT2D eigenvalue weighted by Gasteiger charge is 2.45. The molecule has 2 heterocycles. The number of nitrogens with zero attached hydrogens (tertiary/aromatic N) is 2. The normalized spacial score (nSPS) is 16.1. The molecule has 0 bridgehead atoms. The Morgan fingerprint density at radius 2 is 1.86 bits per heavy atom. The van der Waals surface area contributed by atoms with Crippen molar-refractivity contribution in [1.82, 2.24) is 9.88 Å². The van der Waals surface area contributed by atoms with Gasteiger partial charge in [-0.15, -0.1) is 0 Å². The highest BCUT2D eigenvalue weighted by Crippen LogP contribution is 2.31. The predicted octanol–water partition coefficient (Wildman–Crippen LogP) is 1.92. The summed E-state index contributed by atoms with van der Waals surface area (Å²) in [4.78, 5) is 17.3. The zero-order chi connectivity index (χ0) is 14.7. The van der Waals surface area contributed by atoms with Gasteiger partial charge in [0.05, 0.1) is 13.1 Å². The molecule has 1 aliphatic heterocycles. The molecule has 0 unspecified atom stereocenters. The van der Waals surface area contributed by atoms with Crippen LogP contribution in [0.15, 0.2) is 54.9 Å². The van der Waals surface area contributed by atoms with Crippen LogP contribution in [0.25, 0.3) is 0 Å². The van der Waals surface area contributed by atoms with Gasteiger partial charge in [0.25, 0.3) is 0 Å². The average Bonchev–Trinajstić information content (AvgIpc) is 2.51. The highest BCUT2D eigenvalue weighted by atomic mass is 16.6. The third-order valence-electron chi connectivity index (χ3n) is 3.59. The third-order valence-corrected chi connectivity index (χ3v) is 3.59. The van der Waals surface area contributed by atoms with Gasteiger partial charge in [-0.3, -0.25) is 4.98 Å². The molecule has 1 aromatic carbocycles. The largest absolute Gasteiger partial charge is 0.445 e. The second kappa shape index (κ2) is 5.54. The molecule has 5 heteroatoms. The molecule has 0 atom stereocenters. The molecule has 2 aromatic rings. The van der Waals surface area contributed by atoms with Crippen LogP contribution in [0.2, 0.25) is 0 Å². The molecule has 21 heavy (non-hydrogen) atoms. The fraction of sp³-hybridized carbons (Fsp3) is 0.250. The van der Waals surface area contributed by atoms with E-state index in [9.17, 15) is 9.90 Å².